The standard InChI is InChI=1S/C15H19FN4O2/c1-15(2,3)22-14(21)19-9-5-6-10(11(16)7-9)13-12(17)8-18-20(13)4/h5-8H,17H2,1-4H3,(H,19,21). The SMILES string of the molecule is Cn1ncc(N)c1-c1ccc(NC(=O)OC(C)(C)C)cc1F. The van der Waals surface area contributed by atoms with E-state index in [4.69, 9.17) is 10.5 Å². The van der Waals surface area contributed by atoms with Crippen LogP contribution in [0.5, 0.6) is 0 Å². The maximum Gasteiger partial charge on any atom is 0.412 e. The number of nitrogens with zero attached hydrogens (tertiary/aromatic N) is 2. The Bertz CT molecular complexity index is 685. The fourth-order valence-corrected chi connectivity index (χ4v) is 1.99. The van der Waals surface area contributed by atoms with Crippen molar-refractivity contribution in [1.29, 1.82) is 0 Å². The quantitative estimate of drug-likeness (QED) is 0.893. The first-order chi connectivity index (χ1) is 10.2. The Balaban J connectivity index is 2.22. The van der Waals surface area contributed by atoms with Crippen LogP contribution in [-0.4, -0.2) is 21.5 Å². The third-order valence-corrected chi connectivity index (χ3v) is 2.84. The number of hydrogen-bond donors (Lipinski definition) is 2. The topological polar surface area (TPSA) is 82.2 Å². The van der Waals surface area contributed by atoms with E-state index in [9.17, 15) is 9.18 Å². The van der Waals surface area contributed by atoms with E-state index in [0.29, 0.717) is 22.6 Å². The molecule has 2 rings (SSSR count). The van der Waals surface area contributed by atoms with Crippen LogP contribution in [0.4, 0.5) is 20.6 Å². The molecule has 0 radical (unpaired) electrons. The van der Waals surface area contributed by atoms with Crippen molar-refractivity contribution in [2.24, 2.45) is 7.05 Å². The maximum absolute atomic E-state index is 14.3. The minimum Gasteiger partial charge on any atom is -0.444 e. The van der Waals surface area contributed by atoms with Gasteiger partial charge in [-0.05, 0) is 39.0 Å². The molecule has 0 atom stereocenters. The number of carbonyl (C=O) groups is 1. The molecule has 0 aliphatic rings. The van der Waals surface area contributed by atoms with Gasteiger partial charge in [-0.15, -0.1) is 0 Å². The maximum atomic E-state index is 14.3. The molecular weight excluding hydrogens is 287 g/mol. The number of aryl methyl sites for hydroxylation is 1. The third-order valence-electron chi connectivity index (χ3n) is 2.84. The van der Waals surface area contributed by atoms with Crippen LogP contribution in [0.2, 0.25) is 0 Å². The van der Waals surface area contributed by atoms with Crippen molar-refractivity contribution in [3.05, 3.63) is 30.2 Å². The molecule has 0 spiro atoms. The van der Waals surface area contributed by atoms with Crippen LogP contribution in [0.1, 0.15) is 20.8 Å². The zero-order chi connectivity index (χ0) is 16.5. The summed E-state index contributed by atoms with van der Waals surface area (Å²) in [5, 5.41) is 6.47. The molecule has 0 aliphatic heterocycles. The van der Waals surface area contributed by atoms with Crippen LogP contribution >= 0.6 is 0 Å². The van der Waals surface area contributed by atoms with Crippen LogP contribution in [0.15, 0.2) is 24.4 Å². The van der Waals surface area contributed by atoms with Crippen LogP contribution in [0.25, 0.3) is 11.3 Å². The minimum atomic E-state index is -0.639. The summed E-state index contributed by atoms with van der Waals surface area (Å²) in [4.78, 5) is 11.7. The largest absolute Gasteiger partial charge is 0.444 e. The van der Waals surface area contributed by atoms with Crippen molar-refractivity contribution in [3.8, 4) is 11.3 Å². The number of hydrogen-bond acceptors (Lipinski definition) is 4. The Morgan fingerprint density at radius 3 is 2.59 bits per heavy atom. The van der Waals surface area contributed by atoms with Crippen LogP contribution in [-0.2, 0) is 11.8 Å². The van der Waals surface area contributed by atoms with E-state index in [1.54, 1.807) is 33.9 Å². The second-order valence-electron chi connectivity index (χ2n) is 5.89. The number of anilines is 2. The van der Waals surface area contributed by atoms with E-state index in [1.165, 1.54) is 23.0 Å². The van der Waals surface area contributed by atoms with Gasteiger partial charge in [0.05, 0.1) is 17.6 Å². The number of amides is 1. The van der Waals surface area contributed by atoms with Gasteiger partial charge in [0.25, 0.3) is 0 Å². The molecular formula is C15H19FN4O2. The molecule has 0 saturated carbocycles. The Kier molecular flexibility index (Phi) is 4.07. The van der Waals surface area contributed by atoms with Gasteiger partial charge in [0, 0.05) is 18.3 Å². The Morgan fingerprint density at radius 2 is 2.09 bits per heavy atom. The minimum absolute atomic E-state index is 0.302. The zero-order valence-corrected chi connectivity index (χ0v) is 13.0. The average Bonchev–Trinajstić information content (AvgIpc) is 2.67. The van der Waals surface area contributed by atoms with Gasteiger partial charge in [-0.3, -0.25) is 10.00 Å². The van der Waals surface area contributed by atoms with Crippen molar-refractivity contribution in [1.82, 2.24) is 9.78 Å². The summed E-state index contributed by atoms with van der Waals surface area (Å²) >= 11 is 0. The second-order valence-corrected chi connectivity index (χ2v) is 5.89. The van der Waals surface area contributed by atoms with Crippen molar-refractivity contribution in [2.45, 2.75) is 26.4 Å². The summed E-state index contributed by atoms with van der Waals surface area (Å²) < 4.78 is 20.9. The normalized spacial score (nSPS) is 11.3. The summed E-state index contributed by atoms with van der Waals surface area (Å²) in [6, 6.07) is 4.33. The highest BCUT2D eigenvalue weighted by Gasteiger charge is 2.18. The van der Waals surface area contributed by atoms with Crippen molar-refractivity contribution >= 4 is 17.5 Å². The van der Waals surface area contributed by atoms with Gasteiger partial charge < -0.3 is 10.5 Å². The van der Waals surface area contributed by atoms with Crippen LogP contribution in [0.3, 0.4) is 0 Å². The van der Waals surface area contributed by atoms with Gasteiger partial charge in [0.15, 0.2) is 0 Å². The molecule has 22 heavy (non-hydrogen) atoms. The molecule has 0 aliphatic carbocycles. The summed E-state index contributed by atoms with van der Waals surface area (Å²) in [7, 11) is 1.68. The first kappa shape index (κ1) is 15.8. The van der Waals surface area contributed by atoms with E-state index in [-0.39, 0.29) is 0 Å². The van der Waals surface area contributed by atoms with Crippen molar-refractivity contribution < 1.29 is 13.9 Å². The van der Waals surface area contributed by atoms with E-state index in [2.05, 4.69) is 10.4 Å². The van der Waals surface area contributed by atoms with E-state index >= 15 is 0 Å². The Labute approximate surface area is 128 Å². The highest BCUT2D eigenvalue weighted by Crippen LogP contribution is 2.29. The summed E-state index contributed by atoms with van der Waals surface area (Å²) in [5.74, 6) is -0.510. The lowest BCUT2D eigenvalue weighted by atomic mass is 10.1. The van der Waals surface area contributed by atoms with Gasteiger partial charge in [-0.1, -0.05) is 0 Å². The van der Waals surface area contributed by atoms with Gasteiger partial charge in [-0.25, -0.2) is 9.18 Å². The number of nitrogens with two attached hydrogens (primary N) is 1. The predicted molar refractivity (Wildman–Crippen MR) is 82.9 cm³/mol. The number of carbonyl (C=O) groups excluding carboxylic acids is 1. The summed E-state index contributed by atoms with van der Waals surface area (Å²) in [6.45, 7) is 5.25. The summed E-state index contributed by atoms with van der Waals surface area (Å²) in [5.41, 5.74) is 6.66. The van der Waals surface area contributed by atoms with E-state index < -0.39 is 17.5 Å². The lowest BCUT2D eigenvalue weighted by Gasteiger charge is -2.19. The van der Waals surface area contributed by atoms with Crippen LogP contribution < -0.4 is 11.1 Å². The lowest BCUT2D eigenvalue weighted by Crippen LogP contribution is -2.27. The van der Waals surface area contributed by atoms with E-state index in [0.717, 1.165) is 0 Å². The first-order valence-electron chi connectivity index (χ1n) is 6.75. The smallest absolute Gasteiger partial charge is 0.412 e. The summed E-state index contributed by atoms with van der Waals surface area (Å²) in [6.07, 6.45) is 0.821. The number of nitrogen functional groups attached to an aromatic ring is 1. The van der Waals surface area contributed by atoms with Crippen molar-refractivity contribution in [3.63, 3.8) is 0 Å². The van der Waals surface area contributed by atoms with E-state index in [1.807, 2.05) is 0 Å². The monoisotopic (exact) mass is 306 g/mol. The fraction of sp³-hybridized carbons (Fsp3) is 0.333. The highest BCUT2D eigenvalue weighted by atomic mass is 19.1. The van der Waals surface area contributed by atoms with Crippen molar-refractivity contribution in [2.75, 3.05) is 11.1 Å². The van der Waals surface area contributed by atoms with Gasteiger partial charge in [0.2, 0.25) is 0 Å². The first-order valence-corrected chi connectivity index (χ1v) is 6.75. The molecule has 3 N–H and O–H groups in total. The van der Waals surface area contributed by atoms with Gasteiger partial charge in [-0.2, -0.15) is 5.10 Å². The molecule has 1 amide bonds. The molecule has 0 saturated heterocycles. The van der Waals surface area contributed by atoms with Gasteiger partial charge in [0.1, 0.15) is 11.4 Å². The van der Waals surface area contributed by atoms with Gasteiger partial charge >= 0.3 is 6.09 Å². The molecule has 0 unspecified atom stereocenters. The Morgan fingerprint density at radius 1 is 1.41 bits per heavy atom. The number of nitrogens with one attached hydrogen (secondary N) is 1. The second kappa shape index (κ2) is 5.67. The predicted octanol–water partition coefficient (Wildman–Crippen LogP) is 3.16. The Hall–Kier alpha value is -2.57. The number of halogens is 1. The fourth-order valence-electron chi connectivity index (χ4n) is 1.99. The average molecular weight is 306 g/mol. The molecule has 1 heterocycles. The number of ether oxygens (including phenoxy) is 1. The molecule has 7 heteroatoms. The molecule has 118 valence electrons. The zero-order valence-electron chi connectivity index (χ0n) is 13.0. The molecule has 1 aromatic carbocycles. The van der Waals surface area contributed by atoms with Crippen LogP contribution in [0, 0.1) is 5.82 Å². The number of rotatable bonds is 2. The highest BCUT2D eigenvalue weighted by molar-refractivity contribution is 5.85. The molecule has 1 aromatic heterocycles. The molecule has 0 bridgehead atoms. The number of aromatic nitrogens is 2. The molecule has 2 aromatic rings. The number of benzene rings is 1. The third kappa shape index (κ3) is 3.55. The lowest BCUT2D eigenvalue weighted by molar-refractivity contribution is 0.0636. The molecule has 0 fully saturated rings. The molecule has 6 nitrogen and oxygen atoms in total.